The van der Waals surface area contributed by atoms with Crippen molar-refractivity contribution in [1.82, 2.24) is 0 Å². The first-order chi connectivity index (χ1) is 6.09. The van der Waals surface area contributed by atoms with Crippen molar-refractivity contribution >= 4 is 0 Å². The zero-order valence-corrected chi connectivity index (χ0v) is 8.72. The number of hydrogen-bond donors (Lipinski definition) is 0. The Kier molecular flexibility index (Phi) is 1.94. The molecule has 0 aliphatic heterocycles. The second-order valence-corrected chi connectivity index (χ2v) is 4.90. The Hall–Kier alpha value is -0.780. The highest BCUT2D eigenvalue weighted by Gasteiger charge is 2.29. The van der Waals surface area contributed by atoms with Crippen LogP contribution in [0.1, 0.15) is 44.7 Å². The fraction of sp³-hybridized carbons (Fsp3) is 0.462. The second kappa shape index (κ2) is 2.87. The molecule has 0 N–H and O–H groups in total. The molecular weight excluding hydrogens is 156 g/mol. The molecule has 0 unspecified atom stereocenters. The molecule has 0 aromatic heterocycles. The maximum absolute atomic E-state index is 2.29. The molecule has 1 fully saturated rings. The Bertz CT molecular complexity index is 300. The minimum absolute atomic E-state index is 0.284. The Labute approximate surface area is 81.0 Å². The van der Waals surface area contributed by atoms with Crippen LogP contribution in [-0.4, -0.2) is 0 Å². The second-order valence-electron chi connectivity index (χ2n) is 4.90. The Morgan fingerprint density at radius 2 is 1.62 bits per heavy atom. The summed E-state index contributed by atoms with van der Waals surface area (Å²) >= 11 is 0. The number of hydrogen-bond acceptors (Lipinski definition) is 0. The van der Waals surface area contributed by atoms with E-state index in [1.165, 1.54) is 24.0 Å². The molecule has 1 aromatic carbocycles. The summed E-state index contributed by atoms with van der Waals surface area (Å²) in [6.07, 6.45) is 2.63. The van der Waals surface area contributed by atoms with Crippen LogP contribution in [0.25, 0.3) is 0 Å². The average Bonchev–Trinajstić information content (AvgIpc) is 2.85. The largest absolute Gasteiger partial charge is 0.0620 e. The van der Waals surface area contributed by atoms with Crippen molar-refractivity contribution in [3.8, 4) is 0 Å². The Morgan fingerprint density at radius 1 is 1.00 bits per heavy atom. The third-order valence-corrected chi connectivity index (χ3v) is 2.62. The molecule has 1 aliphatic carbocycles. The highest BCUT2D eigenvalue weighted by atomic mass is 14.3. The third kappa shape index (κ3) is 1.77. The van der Waals surface area contributed by atoms with Crippen LogP contribution < -0.4 is 0 Å². The van der Waals surface area contributed by atoms with Gasteiger partial charge in [0.05, 0.1) is 0 Å². The van der Waals surface area contributed by atoms with Gasteiger partial charge in [0.15, 0.2) is 0 Å². The van der Waals surface area contributed by atoms with E-state index in [2.05, 4.69) is 45.0 Å². The van der Waals surface area contributed by atoms with Gasteiger partial charge in [-0.3, -0.25) is 0 Å². The van der Waals surface area contributed by atoms with Crippen molar-refractivity contribution in [1.29, 1.82) is 0 Å². The van der Waals surface area contributed by atoms with Crippen molar-refractivity contribution in [2.45, 2.75) is 39.0 Å². The van der Waals surface area contributed by atoms with E-state index in [4.69, 9.17) is 0 Å². The molecule has 0 nitrogen and oxygen atoms in total. The fourth-order valence-electron chi connectivity index (χ4n) is 1.78. The van der Waals surface area contributed by atoms with E-state index in [-0.39, 0.29) is 5.41 Å². The van der Waals surface area contributed by atoms with Crippen LogP contribution >= 0.6 is 0 Å². The molecule has 0 saturated heterocycles. The van der Waals surface area contributed by atoms with Gasteiger partial charge < -0.3 is 0 Å². The highest BCUT2D eigenvalue weighted by Crippen LogP contribution is 2.43. The van der Waals surface area contributed by atoms with Crippen LogP contribution in [0.5, 0.6) is 0 Å². The van der Waals surface area contributed by atoms with E-state index >= 15 is 0 Å². The molecular formula is C13H17. The first-order valence-electron chi connectivity index (χ1n) is 5.03. The molecule has 0 atom stereocenters. The van der Waals surface area contributed by atoms with Crippen LogP contribution in [0.15, 0.2) is 24.3 Å². The van der Waals surface area contributed by atoms with Crippen LogP contribution in [0.3, 0.4) is 0 Å². The van der Waals surface area contributed by atoms with Gasteiger partial charge in [-0.2, -0.15) is 0 Å². The minimum Gasteiger partial charge on any atom is -0.0620 e. The average molecular weight is 173 g/mol. The molecule has 1 radical (unpaired) electrons. The number of benzene rings is 1. The summed E-state index contributed by atoms with van der Waals surface area (Å²) in [6.45, 7) is 6.86. The van der Waals surface area contributed by atoms with Gasteiger partial charge in [-0.15, -0.1) is 0 Å². The monoisotopic (exact) mass is 173 g/mol. The summed E-state index contributed by atoms with van der Waals surface area (Å²) in [4.78, 5) is 0. The van der Waals surface area contributed by atoms with Gasteiger partial charge in [0.2, 0.25) is 0 Å². The summed E-state index contributed by atoms with van der Waals surface area (Å²) in [5, 5.41) is 0. The summed E-state index contributed by atoms with van der Waals surface area (Å²) in [6, 6.07) is 8.83. The Balaban J connectivity index is 2.43. The van der Waals surface area contributed by atoms with Crippen molar-refractivity contribution in [3.63, 3.8) is 0 Å². The molecule has 0 bridgehead atoms. The summed E-state index contributed by atoms with van der Waals surface area (Å²) in [5.41, 5.74) is 3.30. The molecule has 13 heavy (non-hydrogen) atoms. The van der Waals surface area contributed by atoms with E-state index in [1.54, 1.807) is 5.92 Å². The van der Waals surface area contributed by atoms with E-state index in [0.29, 0.717) is 0 Å². The quantitative estimate of drug-likeness (QED) is 0.607. The van der Waals surface area contributed by atoms with Crippen LogP contribution in [-0.2, 0) is 5.41 Å². The SMILES string of the molecule is CC(C)(C)c1ccccc1[C]1CC1. The van der Waals surface area contributed by atoms with Gasteiger partial charge >= 0.3 is 0 Å². The lowest BCUT2D eigenvalue weighted by molar-refractivity contribution is 0.586. The van der Waals surface area contributed by atoms with Crippen LogP contribution in [0.4, 0.5) is 0 Å². The van der Waals surface area contributed by atoms with E-state index in [0.717, 1.165) is 0 Å². The zero-order chi connectivity index (χ0) is 9.47. The van der Waals surface area contributed by atoms with E-state index < -0.39 is 0 Å². The van der Waals surface area contributed by atoms with E-state index in [1.807, 2.05) is 0 Å². The first kappa shape index (κ1) is 8.80. The third-order valence-electron chi connectivity index (χ3n) is 2.62. The predicted octanol–water partition coefficient (Wildman–Crippen LogP) is 3.70. The normalized spacial score (nSPS) is 17.5. The van der Waals surface area contributed by atoms with Gasteiger partial charge in [0, 0.05) is 5.92 Å². The van der Waals surface area contributed by atoms with Gasteiger partial charge in [-0.25, -0.2) is 0 Å². The van der Waals surface area contributed by atoms with Gasteiger partial charge in [0.1, 0.15) is 0 Å². The molecule has 1 saturated carbocycles. The highest BCUT2D eigenvalue weighted by molar-refractivity contribution is 5.46. The molecule has 2 rings (SSSR count). The summed E-state index contributed by atoms with van der Waals surface area (Å²) < 4.78 is 0. The maximum Gasteiger partial charge on any atom is 0.00535 e. The van der Waals surface area contributed by atoms with Crippen molar-refractivity contribution in [2.24, 2.45) is 0 Å². The molecule has 0 heterocycles. The standard InChI is InChI=1S/C13H17/c1-13(2,3)12-7-5-4-6-11(12)10-8-9-10/h4-7H,8-9H2,1-3H3. The Morgan fingerprint density at radius 3 is 2.15 bits per heavy atom. The minimum atomic E-state index is 0.284. The lowest BCUT2D eigenvalue weighted by Gasteiger charge is -2.22. The van der Waals surface area contributed by atoms with Crippen LogP contribution in [0, 0.1) is 5.92 Å². The molecule has 0 amide bonds. The van der Waals surface area contributed by atoms with Crippen molar-refractivity contribution < 1.29 is 0 Å². The number of rotatable bonds is 1. The lowest BCUT2D eigenvalue weighted by atomic mass is 9.82. The smallest absolute Gasteiger partial charge is 0.00535 e. The zero-order valence-electron chi connectivity index (χ0n) is 8.72. The van der Waals surface area contributed by atoms with E-state index in [9.17, 15) is 0 Å². The molecule has 0 spiro atoms. The van der Waals surface area contributed by atoms with Gasteiger partial charge in [-0.1, -0.05) is 45.0 Å². The maximum atomic E-state index is 2.29. The predicted molar refractivity (Wildman–Crippen MR) is 56.7 cm³/mol. The van der Waals surface area contributed by atoms with Crippen molar-refractivity contribution in [3.05, 3.63) is 41.3 Å². The van der Waals surface area contributed by atoms with Gasteiger partial charge in [0.25, 0.3) is 0 Å². The van der Waals surface area contributed by atoms with Gasteiger partial charge in [-0.05, 0) is 29.4 Å². The molecule has 0 heteroatoms. The molecule has 1 aromatic rings. The van der Waals surface area contributed by atoms with Crippen LogP contribution in [0.2, 0.25) is 0 Å². The molecule has 1 aliphatic rings. The van der Waals surface area contributed by atoms with Crippen molar-refractivity contribution in [2.75, 3.05) is 0 Å². The summed E-state index contributed by atoms with van der Waals surface area (Å²) in [5.74, 6) is 1.64. The summed E-state index contributed by atoms with van der Waals surface area (Å²) in [7, 11) is 0. The topological polar surface area (TPSA) is 0 Å². The first-order valence-corrected chi connectivity index (χ1v) is 5.03. The molecule has 69 valence electrons. The lowest BCUT2D eigenvalue weighted by Crippen LogP contribution is -2.13. The fourth-order valence-corrected chi connectivity index (χ4v) is 1.78.